The van der Waals surface area contributed by atoms with Gasteiger partial charge in [-0.05, 0) is 19.1 Å². The Bertz CT molecular complexity index is 823. The van der Waals surface area contributed by atoms with Crippen LogP contribution in [0.15, 0.2) is 55.1 Å². The van der Waals surface area contributed by atoms with Crippen LogP contribution in [0.5, 0.6) is 0 Å². The Labute approximate surface area is 151 Å². The summed E-state index contributed by atoms with van der Waals surface area (Å²) in [7, 11) is 0. The van der Waals surface area contributed by atoms with Gasteiger partial charge in [0, 0.05) is 36.0 Å². The van der Waals surface area contributed by atoms with Gasteiger partial charge in [0.05, 0.1) is 11.5 Å². The molecular weight excluding hydrogens is 337 g/mol. The molecule has 0 aliphatic carbocycles. The molecule has 1 amide bonds. The molecule has 0 saturated heterocycles. The molecule has 2 rings (SSSR count). The number of hydrogen-bond donors (Lipinski definition) is 1. The molecule has 0 heterocycles. The molecule has 0 aliphatic rings. The van der Waals surface area contributed by atoms with E-state index in [4.69, 9.17) is 0 Å². The molecule has 7 heteroatoms. The van der Waals surface area contributed by atoms with Crippen LogP contribution in [0.25, 0.3) is 0 Å². The van der Waals surface area contributed by atoms with E-state index in [2.05, 4.69) is 11.9 Å². The lowest BCUT2D eigenvalue weighted by Gasteiger charge is -2.20. The van der Waals surface area contributed by atoms with Crippen LogP contribution in [-0.4, -0.2) is 28.8 Å². The minimum absolute atomic E-state index is 0.00201. The zero-order valence-corrected chi connectivity index (χ0v) is 14.4. The minimum Gasteiger partial charge on any atom is -0.325 e. The third kappa shape index (κ3) is 5.22. The summed E-state index contributed by atoms with van der Waals surface area (Å²) in [5.74, 6) is -0.683. The van der Waals surface area contributed by atoms with Gasteiger partial charge in [-0.15, -0.1) is 6.58 Å². The summed E-state index contributed by atoms with van der Waals surface area (Å²) in [6, 6.07) is 10.9. The van der Waals surface area contributed by atoms with Crippen LogP contribution in [0.3, 0.4) is 0 Å². The Hall–Kier alpha value is -3.06. The number of amides is 1. The highest BCUT2D eigenvalue weighted by Gasteiger charge is 2.15. The van der Waals surface area contributed by atoms with Crippen LogP contribution in [0.2, 0.25) is 0 Å². The summed E-state index contributed by atoms with van der Waals surface area (Å²) in [5, 5.41) is 13.6. The number of hydrogen-bond acceptors (Lipinski definition) is 4. The molecule has 26 heavy (non-hydrogen) atoms. The van der Waals surface area contributed by atoms with Gasteiger partial charge in [-0.25, -0.2) is 4.39 Å². The van der Waals surface area contributed by atoms with Gasteiger partial charge < -0.3 is 5.32 Å². The van der Waals surface area contributed by atoms with Crippen LogP contribution in [0.4, 0.5) is 15.8 Å². The van der Waals surface area contributed by atoms with Crippen molar-refractivity contribution in [3.8, 4) is 0 Å². The second-order valence-electron chi connectivity index (χ2n) is 5.86. The molecule has 0 fully saturated rings. The molecule has 0 spiro atoms. The quantitative estimate of drug-likeness (QED) is 0.444. The van der Waals surface area contributed by atoms with Gasteiger partial charge in [-0.3, -0.25) is 19.8 Å². The first-order valence-electron chi connectivity index (χ1n) is 8.02. The zero-order chi connectivity index (χ0) is 19.1. The molecule has 2 aromatic rings. The Balaban J connectivity index is 2.06. The highest BCUT2D eigenvalue weighted by molar-refractivity contribution is 5.92. The van der Waals surface area contributed by atoms with Gasteiger partial charge in [0.2, 0.25) is 5.91 Å². The lowest BCUT2D eigenvalue weighted by Crippen LogP contribution is -2.33. The molecule has 0 bridgehead atoms. The molecule has 6 nitrogen and oxygen atoms in total. The van der Waals surface area contributed by atoms with Crippen molar-refractivity contribution >= 4 is 17.3 Å². The number of nitrogens with zero attached hydrogens (tertiary/aromatic N) is 2. The highest BCUT2D eigenvalue weighted by atomic mass is 19.1. The summed E-state index contributed by atoms with van der Waals surface area (Å²) in [6.45, 7) is 5.93. The van der Waals surface area contributed by atoms with Crippen molar-refractivity contribution in [1.82, 2.24) is 4.90 Å². The van der Waals surface area contributed by atoms with Crippen molar-refractivity contribution in [3.63, 3.8) is 0 Å². The van der Waals surface area contributed by atoms with Crippen LogP contribution in [0, 0.1) is 22.9 Å². The molecule has 136 valence electrons. The summed E-state index contributed by atoms with van der Waals surface area (Å²) >= 11 is 0. The maximum absolute atomic E-state index is 13.8. The van der Waals surface area contributed by atoms with Gasteiger partial charge in [-0.1, -0.05) is 30.3 Å². The van der Waals surface area contributed by atoms with E-state index in [1.54, 1.807) is 48.2 Å². The number of anilines is 1. The number of nitro benzene ring substituents is 1. The maximum Gasteiger partial charge on any atom is 0.274 e. The van der Waals surface area contributed by atoms with E-state index in [0.717, 1.165) is 0 Å². The molecule has 0 unspecified atom stereocenters. The van der Waals surface area contributed by atoms with Gasteiger partial charge >= 0.3 is 0 Å². The average molecular weight is 357 g/mol. The van der Waals surface area contributed by atoms with Crippen LogP contribution < -0.4 is 5.32 Å². The lowest BCUT2D eigenvalue weighted by atomic mass is 10.2. The molecule has 2 aromatic carbocycles. The first-order valence-corrected chi connectivity index (χ1v) is 8.02. The smallest absolute Gasteiger partial charge is 0.274 e. The van der Waals surface area contributed by atoms with Crippen LogP contribution in [0.1, 0.15) is 11.1 Å². The van der Waals surface area contributed by atoms with Crippen LogP contribution >= 0.6 is 0 Å². The number of halogens is 1. The SMILES string of the molecule is C=CCN(CC(=O)Nc1ccc(C)c([N+](=O)[O-])c1)Cc1ccccc1F. The maximum atomic E-state index is 13.8. The number of rotatable bonds is 8. The first-order chi connectivity index (χ1) is 12.4. The number of carbonyl (C=O) groups excluding carboxylic acids is 1. The molecule has 0 radical (unpaired) electrons. The normalized spacial score (nSPS) is 10.6. The van der Waals surface area contributed by atoms with E-state index in [-0.39, 0.29) is 30.5 Å². The summed E-state index contributed by atoms with van der Waals surface area (Å²) in [5.41, 5.74) is 1.28. The standard InChI is InChI=1S/C19H20FN3O3/c1-3-10-22(12-15-6-4-5-7-17(15)20)13-19(24)21-16-9-8-14(2)18(11-16)23(25)26/h3-9,11H,1,10,12-13H2,2H3,(H,21,24). The Kier molecular flexibility index (Phi) is 6.57. The molecule has 0 atom stereocenters. The third-order valence-electron chi connectivity index (χ3n) is 3.80. The highest BCUT2D eigenvalue weighted by Crippen LogP contribution is 2.22. The number of carbonyl (C=O) groups is 1. The van der Waals surface area contributed by atoms with E-state index in [0.29, 0.717) is 23.4 Å². The topological polar surface area (TPSA) is 75.5 Å². The Morgan fingerprint density at radius 1 is 1.35 bits per heavy atom. The van der Waals surface area contributed by atoms with E-state index < -0.39 is 4.92 Å². The van der Waals surface area contributed by atoms with Crippen LogP contribution in [-0.2, 0) is 11.3 Å². The van der Waals surface area contributed by atoms with Crippen molar-refractivity contribution in [2.75, 3.05) is 18.4 Å². The number of nitrogens with one attached hydrogen (secondary N) is 1. The zero-order valence-electron chi connectivity index (χ0n) is 14.4. The van der Waals surface area contributed by atoms with Crippen molar-refractivity contribution in [2.45, 2.75) is 13.5 Å². The lowest BCUT2D eigenvalue weighted by molar-refractivity contribution is -0.385. The van der Waals surface area contributed by atoms with Crippen molar-refractivity contribution < 1.29 is 14.1 Å². The second-order valence-corrected chi connectivity index (χ2v) is 5.86. The number of aryl methyl sites for hydroxylation is 1. The van der Waals surface area contributed by atoms with Gasteiger partial charge in [-0.2, -0.15) is 0 Å². The number of nitro groups is 1. The Morgan fingerprint density at radius 3 is 2.73 bits per heavy atom. The average Bonchev–Trinajstić information content (AvgIpc) is 2.58. The number of benzene rings is 2. The van der Waals surface area contributed by atoms with Crippen molar-refractivity contribution in [2.24, 2.45) is 0 Å². The van der Waals surface area contributed by atoms with E-state index in [1.165, 1.54) is 12.1 Å². The molecule has 0 aliphatic heterocycles. The predicted molar refractivity (Wildman–Crippen MR) is 98.3 cm³/mol. The van der Waals surface area contributed by atoms with Gasteiger partial charge in [0.25, 0.3) is 5.69 Å². The van der Waals surface area contributed by atoms with E-state index in [1.807, 2.05) is 0 Å². The van der Waals surface area contributed by atoms with E-state index >= 15 is 0 Å². The summed E-state index contributed by atoms with van der Waals surface area (Å²) in [6.07, 6.45) is 1.63. The molecule has 1 N–H and O–H groups in total. The first kappa shape index (κ1) is 19.3. The fraction of sp³-hybridized carbons (Fsp3) is 0.211. The van der Waals surface area contributed by atoms with Gasteiger partial charge in [0.15, 0.2) is 0 Å². The molecule has 0 aromatic heterocycles. The third-order valence-corrected chi connectivity index (χ3v) is 3.80. The summed E-state index contributed by atoms with van der Waals surface area (Å²) < 4.78 is 13.8. The summed E-state index contributed by atoms with van der Waals surface area (Å²) in [4.78, 5) is 24.5. The monoisotopic (exact) mass is 357 g/mol. The second kappa shape index (κ2) is 8.87. The fourth-order valence-electron chi connectivity index (χ4n) is 2.52. The fourth-order valence-corrected chi connectivity index (χ4v) is 2.52. The predicted octanol–water partition coefficient (Wildman–Crippen LogP) is 3.67. The Morgan fingerprint density at radius 2 is 2.08 bits per heavy atom. The largest absolute Gasteiger partial charge is 0.325 e. The van der Waals surface area contributed by atoms with Crippen molar-refractivity contribution in [3.05, 3.63) is 82.2 Å². The minimum atomic E-state index is -0.493. The van der Waals surface area contributed by atoms with E-state index in [9.17, 15) is 19.3 Å². The van der Waals surface area contributed by atoms with Gasteiger partial charge in [0.1, 0.15) is 5.82 Å². The van der Waals surface area contributed by atoms with Crippen molar-refractivity contribution in [1.29, 1.82) is 0 Å². The molecule has 0 saturated carbocycles. The molecular formula is C19H20FN3O3.